The summed E-state index contributed by atoms with van der Waals surface area (Å²) in [4.78, 5) is 168. The van der Waals surface area contributed by atoms with Crippen LogP contribution in [0.3, 0.4) is 0 Å². The maximum Gasteiger partial charge on any atom is 0.306 e. The van der Waals surface area contributed by atoms with E-state index in [1.165, 1.54) is 14.2 Å². The highest BCUT2D eigenvalue weighted by Gasteiger charge is 2.44. The largest absolute Gasteiger partial charge is 0.481 e. The molecule has 24 heteroatoms. The van der Waals surface area contributed by atoms with Crippen molar-refractivity contribution >= 4 is 70.8 Å². The molecule has 5 N–H and O–H groups in total. The molecule has 8 amide bonds. The Hall–Kier alpha value is -6.92. The van der Waals surface area contributed by atoms with Crippen LogP contribution in [-0.4, -0.2) is 215 Å². The van der Waals surface area contributed by atoms with Crippen LogP contribution in [0.2, 0.25) is 0 Å². The van der Waals surface area contributed by atoms with Crippen molar-refractivity contribution in [2.24, 2.45) is 35.0 Å². The number of methoxy groups -OCH3 is 2. The van der Waals surface area contributed by atoms with Gasteiger partial charge in [-0.2, -0.15) is 0 Å². The van der Waals surface area contributed by atoms with E-state index < -0.39 is 120 Å². The van der Waals surface area contributed by atoms with Crippen molar-refractivity contribution < 1.29 is 77.2 Å². The highest BCUT2D eigenvalue weighted by Crippen LogP contribution is 2.31. The number of hydrogen-bond donors (Lipinski definition) is 5. The highest BCUT2D eigenvalue weighted by atomic mass is 16.5. The second-order valence-electron chi connectivity index (χ2n) is 27.2. The third-order valence-electron chi connectivity index (χ3n) is 18.2. The monoisotopic (exact) mass is 1310 g/mol. The van der Waals surface area contributed by atoms with Crippen LogP contribution in [0, 0.1) is 35.0 Å². The summed E-state index contributed by atoms with van der Waals surface area (Å²) in [7, 11) is 8.29. The number of nitrogens with one attached hydrogen (secondary N) is 3. The Balaban J connectivity index is 1.77. The van der Waals surface area contributed by atoms with Gasteiger partial charge in [-0.1, -0.05) is 119 Å². The van der Waals surface area contributed by atoms with Gasteiger partial charge in [0.15, 0.2) is 5.78 Å². The number of imide groups is 1. The van der Waals surface area contributed by atoms with Gasteiger partial charge in [-0.05, 0) is 81.9 Å². The SMILES string of the molecule is CC[C@H](C)[C@@H]([C@@H](CC(=O)N1CCC[C@H]1[C@H](OC)[C@@H](C)C(=O)N[C@@H](Cc1ccccc1)C(=O)N[C@@H](CCC(=O)O)C(=O)C[C@@H](CCCCCC(=O)CCN1C(=O)C=CC1=O)C(=O)O)OC)N(C)C(=O)[C@@H](NC(=O)[C@H](C(C)C)N(C)CCCCN(C)C(=O)C(C)(C)C)C(C)C. The third kappa shape index (κ3) is 25.1. The summed E-state index contributed by atoms with van der Waals surface area (Å²) in [5.74, 6) is -9.46. The molecule has 0 aromatic heterocycles. The van der Waals surface area contributed by atoms with Crippen LogP contribution < -0.4 is 16.0 Å². The van der Waals surface area contributed by atoms with E-state index in [0.717, 1.165) is 29.9 Å². The van der Waals surface area contributed by atoms with Crippen molar-refractivity contribution in [2.75, 3.05) is 61.5 Å². The van der Waals surface area contributed by atoms with Gasteiger partial charge in [0.1, 0.15) is 17.9 Å². The Bertz CT molecular complexity index is 2700. The molecule has 1 aromatic carbocycles. The maximum absolute atomic E-state index is 14.8. The molecule has 11 atom stereocenters. The fourth-order valence-electron chi connectivity index (χ4n) is 12.6. The number of Topliss-reactive ketones (excluding diaryl/α,β-unsaturated/α-hetero) is 2. The molecule has 0 bridgehead atoms. The lowest BCUT2D eigenvalue weighted by molar-refractivity contribution is -0.148. The van der Waals surface area contributed by atoms with E-state index in [4.69, 9.17) is 9.47 Å². The van der Waals surface area contributed by atoms with Gasteiger partial charge in [-0.15, -0.1) is 0 Å². The second kappa shape index (κ2) is 39.1. The van der Waals surface area contributed by atoms with Crippen LogP contribution in [0.25, 0.3) is 0 Å². The van der Waals surface area contributed by atoms with Gasteiger partial charge in [0.2, 0.25) is 35.4 Å². The lowest BCUT2D eigenvalue weighted by atomic mass is 9.89. The third-order valence-corrected chi connectivity index (χ3v) is 18.2. The molecule has 1 aromatic rings. The van der Waals surface area contributed by atoms with Gasteiger partial charge in [0.25, 0.3) is 11.8 Å². The number of ketones is 2. The molecule has 24 nitrogen and oxygen atoms in total. The molecule has 2 aliphatic rings. The predicted octanol–water partition coefficient (Wildman–Crippen LogP) is 5.86. The summed E-state index contributed by atoms with van der Waals surface area (Å²) < 4.78 is 12.2. The van der Waals surface area contributed by atoms with Crippen LogP contribution >= 0.6 is 0 Å². The summed E-state index contributed by atoms with van der Waals surface area (Å²) in [5, 5.41) is 28.4. The molecule has 0 spiro atoms. The first-order chi connectivity index (χ1) is 43.7. The summed E-state index contributed by atoms with van der Waals surface area (Å²) in [6.45, 7) is 20.4. The molecule has 3 rings (SSSR count). The molecule has 93 heavy (non-hydrogen) atoms. The van der Waals surface area contributed by atoms with Crippen LogP contribution in [0.15, 0.2) is 42.5 Å². The van der Waals surface area contributed by atoms with E-state index in [9.17, 15) is 67.7 Å². The number of carboxylic acid groups (broad SMARTS) is 2. The van der Waals surface area contributed by atoms with E-state index >= 15 is 0 Å². The average Bonchev–Trinajstić information content (AvgIpc) is 1.83. The van der Waals surface area contributed by atoms with E-state index in [-0.39, 0.29) is 92.2 Å². The zero-order valence-electron chi connectivity index (χ0n) is 58.0. The molecule has 0 saturated carbocycles. The molecular formula is C69H110N8O16. The topological polar surface area (TPSA) is 316 Å². The van der Waals surface area contributed by atoms with Crippen molar-refractivity contribution in [3.63, 3.8) is 0 Å². The number of carbonyl (C=O) groups excluding carboxylic acids is 10. The van der Waals surface area contributed by atoms with Crippen molar-refractivity contribution in [3.8, 4) is 0 Å². The Morgan fingerprint density at radius 2 is 1.33 bits per heavy atom. The van der Waals surface area contributed by atoms with Gasteiger partial charge in [0, 0.05) is 97.6 Å². The molecule has 1 fully saturated rings. The van der Waals surface area contributed by atoms with E-state index in [2.05, 4.69) is 16.0 Å². The van der Waals surface area contributed by atoms with Crippen molar-refractivity contribution in [3.05, 3.63) is 48.0 Å². The predicted molar refractivity (Wildman–Crippen MR) is 351 cm³/mol. The first kappa shape index (κ1) is 80.3. The van der Waals surface area contributed by atoms with Gasteiger partial charge in [-0.25, -0.2) is 0 Å². The van der Waals surface area contributed by atoms with E-state index in [1.807, 2.05) is 74.3 Å². The number of hydrogen-bond acceptors (Lipinski definition) is 15. The molecule has 2 heterocycles. The number of ether oxygens (including phenoxy) is 2. The molecule has 2 aliphatic heterocycles. The molecule has 0 unspecified atom stereocenters. The van der Waals surface area contributed by atoms with Crippen LogP contribution in [0.1, 0.15) is 171 Å². The molecule has 522 valence electrons. The number of likely N-dealkylation sites (N-methyl/N-ethyl adjacent to an activating group) is 2. The summed E-state index contributed by atoms with van der Waals surface area (Å²) in [6, 6.07) is 3.29. The lowest BCUT2D eigenvalue weighted by Crippen LogP contribution is -2.60. The van der Waals surface area contributed by atoms with Crippen LogP contribution in [0.5, 0.6) is 0 Å². The van der Waals surface area contributed by atoms with Gasteiger partial charge in [0.05, 0.1) is 54.6 Å². The molecule has 0 aliphatic carbocycles. The Kier molecular flexibility index (Phi) is 33.7. The second-order valence-corrected chi connectivity index (χ2v) is 27.2. The van der Waals surface area contributed by atoms with Crippen LogP contribution in [0.4, 0.5) is 0 Å². The number of unbranched alkanes of at least 4 members (excludes halogenated alkanes) is 3. The maximum atomic E-state index is 14.8. The minimum atomic E-state index is -1.44. The molecule has 1 saturated heterocycles. The van der Waals surface area contributed by atoms with Gasteiger partial charge < -0.3 is 50.3 Å². The van der Waals surface area contributed by atoms with E-state index in [0.29, 0.717) is 63.7 Å². The number of carbonyl (C=O) groups is 12. The number of likely N-dealkylation sites (tertiary alicyclic amines) is 1. The summed E-state index contributed by atoms with van der Waals surface area (Å²) >= 11 is 0. The van der Waals surface area contributed by atoms with Gasteiger partial charge >= 0.3 is 11.9 Å². The molecule has 0 radical (unpaired) electrons. The zero-order valence-corrected chi connectivity index (χ0v) is 58.0. The fraction of sp³-hybridized carbons (Fsp3) is 0.710. The first-order valence-corrected chi connectivity index (χ1v) is 33.3. The van der Waals surface area contributed by atoms with E-state index in [1.54, 1.807) is 66.1 Å². The first-order valence-electron chi connectivity index (χ1n) is 33.3. The standard InChI is InChI=1S/C69H110N8O16/c1-16-45(6)61(75(13)66(88)59(43(2)3)72-65(87)60(44(4)5)73(11)36-23-24-37-74(12)68(91)69(8,9)10)54(92-14)42-57(82)76-38-25-30-52(76)62(93-15)46(7)63(85)71-51(40-47-26-19-17-20-27-47)64(86)70-50(31-34-58(83)84)53(79)41-48(67(89)90)28-21-18-22-29-49(78)35-39-77-55(80)32-33-56(77)81/h17,19-20,26-27,32-33,43-46,48,50-52,54,59-62H,16,18,21-25,28-31,34-42H2,1-15H3,(H,70,86)(H,71,85)(H,72,87)(H,83,84)(H,89,90)/t45-,46+,48+,50-,51-,52-,54+,59-,60-,61-,62+/m0/s1. The Labute approximate surface area is 551 Å². The number of carboxylic acids is 2. The normalized spacial score (nSPS) is 17.5. The number of rotatable bonds is 43. The fourth-order valence-corrected chi connectivity index (χ4v) is 12.6. The van der Waals surface area contributed by atoms with Crippen molar-refractivity contribution in [1.82, 2.24) is 40.4 Å². The number of aliphatic carboxylic acids is 2. The minimum absolute atomic E-state index is 0.0169. The quantitative estimate of drug-likeness (QED) is 0.0378. The Morgan fingerprint density at radius 3 is 1.89 bits per heavy atom. The van der Waals surface area contributed by atoms with Crippen molar-refractivity contribution in [2.45, 2.75) is 220 Å². The number of amides is 8. The number of nitrogens with zero attached hydrogens (tertiary/aromatic N) is 5. The lowest BCUT2D eigenvalue weighted by Gasteiger charge is -2.41. The highest BCUT2D eigenvalue weighted by molar-refractivity contribution is 6.13. The number of benzene rings is 1. The Morgan fingerprint density at radius 1 is 0.710 bits per heavy atom. The smallest absolute Gasteiger partial charge is 0.306 e. The van der Waals surface area contributed by atoms with Gasteiger partial charge in [-0.3, -0.25) is 67.3 Å². The minimum Gasteiger partial charge on any atom is -0.481 e. The van der Waals surface area contributed by atoms with Crippen molar-refractivity contribution in [1.29, 1.82) is 0 Å². The summed E-state index contributed by atoms with van der Waals surface area (Å²) in [6.07, 6.45) is 3.43. The zero-order chi connectivity index (χ0) is 70.0. The van der Waals surface area contributed by atoms with Crippen LogP contribution in [-0.2, 0) is 73.4 Å². The molecular weight excluding hydrogens is 1200 g/mol. The average molecular weight is 1310 g/mol. The summed E-state index contributed by atoms with van der Waals surface area (Å²) in [5.41, 5.74) is 0.151.